The first-order valence-electron chi connectivity index (χ1n) is 9.48. The van der Waals surface area contributed by atoms with Crippen molar-refractivity contribution in [1.29, 1.82) is 0 Å². The summed E-state index contributed by atoms with van der Waals surface area (Å²) in [4.78, 5) is 21.0. The second-order valence-electron chi connectivity index (χ2n) is 7.53. The largest absolute Gasteiger partial charge is 0.481 e. The van der Waals surface area contributed by atoms with Gasteiger partial charge in [0.1, 0.15) is 11.3 Å². The van der Waals surface area contributed by atoms with Gasteiger partial charge in [0.2, 0.25) is 11.8 Å². The molecule has 0 spiro atoms. The van der Waals surface area contributed by atoms with Crippen LogP contribution in [0.5, 0.6) is 5.88 Å². The van der Waals surface area contributed by atoms with Crippen molar-refractivity contribution >= 4 is 22.4 Å². The van der Waals surface area contributed by atoms with Crippen molar-refractivity contribution in [2.24, 2.45) is 0 Å². The summed E-state index contributed by atoms with van der Waals surface area (Å²) in [5.41, 5.74) is 1.26. The third-order valence-electron chi connectivity index (χ3n) is 4.33. The Balaban J connectivity index is 1.74. The molecule has 0 aliphatic heterocycles. The number of hydrogen-bond donors (Lipinski definition) is 1. The van der Waals surface area contributed by atoms with Crippen LogP contribution in [0.25, 0.3) is 0 Å². The van der Waals surface area contributed by atoms with E-state index in [0.29, 0.717) is 22.9 Å². The number of carbonyl (C=O) groups excluding carboxylic acids is 1. The SMILES string of the molecule is COc1cc(Cn2cccc2C(=O)Nc2nc(C(C)(C)OC(C)C)cs2)cc(F)n1. The molecule has 30 heavy (non-hydrogen) atoms. The molecule has 9 heteroatoms. The third-order valence-corrected chi connectivity index (χ3v) is 5.08. The molecule has 0 saturated carbocycles. The molecule has 1 N–H and O–H groups in total. The van der Waals surface area contributed by atoms with Crippen LogP contribution in [0.15, 0.2) is 35.8 Å². The second kappa shape index (κ2) is 8.93. The predicted molar refractivity (Wildman–Crippen MR) is 114 cm³/mol. The molecule has 0 bridgehead atoms. The van der Waals surface area contributed by atoms with Crippen LogP contribution in [0, 0.1) is 5.95 Å². The Labute approximate surface area is 178 Å². The Kier molecular flexibility index (Phi) is 6.52. The molecule has 0 aliphatic rings. The van der Waals surface area contributed by atoms with Crippen LogP contribution in [0.3, 0.4) is 0 Å². The first-order chi connectivity index (χ1) is 14.2. The summed E-state index contributed by atoms with van der Waals surface area (Å²) in [7, 11) is 1.43. The van der Waals surface area contributed by atoms with Crippen molar-refractivity contribution in [1.82, 2.24) is 14.5 Å². The zero-order valence-corrected chi connectivity index (χ0v) is 18.4. The lowest BCUT2D eigenvalue weighted by Crippen LogP contribution is -2.26. The monoisotopic (exact) mass is 432 g/mol. The van der Waals surface area contributed by atoms with Crippen LogP contribution in [0.2, 0.25) is 0 Å². The van der Waals surface area contributed by atoms with Crippen molar-refractivity contribution in [3.05, 3.63) is 58.7 Å². The maximum absolute atomic E-state index is 13.7. The average molecular weight is 433 g/mol. The summed E-state index contributed by atoms with van der Waals surface area (Å²) >= 11 is 1.34. The molecule has 7 nitrogen and oxygen atoms in total. The Morgan fingerprint density at radius 3 is 2.80 bits per heavy atom. The molecular formula is C21H25FN4O3S. The number of hydrogen-bond acceptors (Lipinski definition) is 6. The molecule has 3 heterocycles. The Morgan fingerprint density at radius 2 is 2.10 bits per heavy atom. The molecule has 3 rings (SSSR count). The second-order valence-corrected chi connectivity index (χ2v) is 8.39. The molecule has 1 amide bonds. The van der Waals surface area contributed by atoms with E-state index in [1.807, 2.05) is 33.1 Å². The van der Waals surface area contributed by atoms with Gasteiger partial charge in [0.05, 0.1) is 18.9 Å². The first-order valence-corrected chi connectivity index (χ1v) is 10.4. The maximum atomic E-state index is 13.7. The zero-order chi connectivity index (χ0) is 21.9. The highest BCUT2D eigenvalue weighted by Gasteiger charge is 2.26. The van der Waals surface area contributed by atoms with E-state index in [2.05, 4.69) is 15.3 Å². The standard InChI is InChI=1S/C21H25FN4O3S/c1-13(2)29-21(3,4)16-12-30-20(23-16)25-19(27)15-7-6-8-26(15)11-14-9-17(22)24-18(10-14)28-5/h6-10,12-13H,11H2,1-5H3,(H,23,25,27). The molecule has 0 fully saturated rings. The van der Waals surface area contributed by atoms with Crippen LogP contribution >= 0.6 is 11.3 Å². The lowest BCUT2D eigenvalue weighted by molar-refractivity contribution is -0.0623. The molecule has 3 aromatic heterocycles. The van der Waals surface area contributed by atoms with Gasteiger partial charge < -0.3 is 14.0 Å². The van der Waals surface area contributed by atoms with E-state index < -0.39 is 11.5 Å². The van der Waals surface area contributed by atoms with Crippen molar-refractivity contribution < 1.29 is 18.7 Å². The van der Waals surface area contributed by atoms with Gasteiger partial charge in [-0.1, -0.05) is 0 Å². The topological polar surface area (TPSA) is 78.3 Å². The normalized spacial score (nSPS) is 11.7. The highest BCUT2D eigenvalue weighted by molar-refractivity contribution is 7.14. The number of anilines is 1. The minimum atomic E-state index is -0.635. The molecule has 3 aromatic rings. The number of ether oxygens (including phenoxy) is 2. The molecule has 0 aliphatic carbocycles. The minimum Gasteiger partial charge on any atom is -0.481 e. The van der Waals surface area contributed by atoms with Crippen molar-refractivity contribution in [3.63, 3.8) is 0 Å². The number of thiazole rings is 1. The number of aromatic nitrogens is 3. The van der Waals surface area contributed by atoms with E-state index >= 15 is 0 Å². The highest BCUT2D eigenvalue weighted by atomic mass is 32.1. The number of rotatable bonds is 8. The van der Waals surface area contributed by atoms with Crippen molar-refractivity contribution in [3.8, 4) is 5.88 Å². The van der Waals surface area contributed by atoms with Crippen molar-refractivity contribution in [2.45, 2.75) is 45.9 Å². The van der Waals surface area contributed by atoms with E-state index in [-0.39, 0.29) is 17.9 Å². The summed E-state index contributed by atoms with van der Waals surface area (Å²) in [6.07, 6.45) is 1.81. The van der Waals surface area contributed by atoms with Crippen LogP contribution in [0.4, 0.5) is 9.52 Å². The average Bonchev–Trinajstić information content (AvgIpc) is 3.30. The molecular weight excluding hydrogens is 407 g/mol. The highest BCUT2D eigenvalue weighted by Crippen LogP contribution is 2.29. The summed E-state index contributed by atoms with van der Waals surface area (Å²) in [5.74, 6) is -0.751. The van der Waals surface area contributed by atoms with Crippen LogP contribution in [0.1, 0.15) is 49.4 Å². The summed E-state index contributed by atoms with van der Waals surface area (Å²) in [6.45, 7) is 8.12. The molecule has 0 saturated heterocycles. The Hall–Kier alpha value is -2.78. The quantitative estimate of drug-likeness (QED) is 0.532. The summed E-state index contributed by atoms with van der Waals surface area (Å²) in [5, 5.41) is 5.20. The number of methoxy groups -OCH3 is 1. The smallest absolute Gasteiger partial charge is 0.274 e. The number of pyridine rings is 1. The zero-order valence-electron chi connectivity index (χ0n) is 17.6. The van der Waals surface area contributed by atoms with Gasteiger partial charge in [0.25, 0.3) is 5.91 Å². The van der Waals surface area contributed by atoms with Gasteiger partial charge in [-0.25, -0.2) is 4.98 Å². The number of carbonyl (C=O) groups is 1. The predicted octanol–water partition coefficient (Wildman–Crippen LogP) is 4.45. The van der Waals surface area contributed by atoms with Gasteiger partial charge in [-0.2, -0.15) is 9.37 Å². The van der Waals surface area contributed by atoms with Crippen LogP contribution in [-0.2, 0) is 16.9 Å². The van der Waals surface area contributed by atoms with Gasteiger partial charge >= 0.3 is 0 Å². The lowest BCUT2D eigenvalue weighted by atomic mass is 10.1. The number of halogens is 1. The maximum Gasteiger partial charge on any atom is 0.274 e. The van der Waals surface area contributed by atoms with Crippen LogP contribution < -0.4 is 10.1 Å². The molecule has 0 aromatic carbocycles. The van der Waals surface area contributed by atoms with Gasteiger partial charge in [0.15, 0.2) is 5.13 Å². The fraction of sp³-hybridized carbons (Fsp3) is 0.381. The van der Waals surface area contributed by atoms with Gasteiger partial charge in [0, 0.05) is 24.2 Å². The summed E-state index contributed by atoms with van der Waals surface area (Å²) < 4.78 is 26.3. The van der Waals surface area contributed by atoms with Gasteiger partial charge in [-0.15, -0.1) is 11.3 Å². The number of nitrogens with one attached hydrogen (secondary N) is 1. The van der Waals surface area contributed by atoms with E-state index in [0.717, 1.165) is 5.69 Å². The fourth-order valence-corrected chi connectivity index (χ4v) is 3.95. The minimum absolute atomic E-state index is 0.0552. The Morgan fingerprint density at radius 1 is 1.33 bits per heavy atom. The van der Waals surface area contributed by atoms with Gasteiger partial charge in [-0.3, -0.25) is 10.1 Å². The van der Waals surface area contributed by atoms with E-state index in [4.69, 9.17) is 9.47 Å². The fourth-order valence-electron chi connectivity index (χ4n) is 3.09. The van der Waals surface area contributed by atoms with Crippen molar-refractivity contribution in [2.75, 3.05) is 12.4 Å². The molecule has 0 atom stereocenters. The molecule has 0 radical (unpaired) electrons. The van der Waals surface area contributed by atoms with Gasteiger partial charge in [-0.05, 0) is 51.5 Å². The summed E-state index contributed by atoms with van der Waals surface area (Å²) in [6, 6.07) is 6.41. The Bertz CT molecular complexity index is 1030. The first kappa shape index (κ1) is 21.9. The number of nitrogens with zero attached hydrogens (tertiary/aromatic N) is 3. The molecule has 160 valence electrons. The third kappa shape index (κ3) is 5.22. The lowest BCUT2D eigenvalue weighted by Gasteiger charge is -2.25. The van der Waals surface area contributed by atoms with E-state index in [1.165, 1.54) is 24.5 Å². The van der Waals surface area contributed by atoms with Crippen LogP contribution in [-0.4, -0.2) is 33.7 Å². The van der Waals surface area contributed by atoms with E-state index in [1.54, 1.807) is 29.0 Å². The molecule has 0 unspecified atom stereocenters. The number of amides is 1. The van der Waals surface area contributed by atoms with E-state index in [9.17, 15) is 9.18 Å².